The van der Waals surface area contributed by atoms with Crippen LogP contribution >= 0.6 is 11.6 Å². The third kappa shape index (κ3) is 6.15. The molecule has 1 aromatic heterocycles. The van der Waals surface area contributed by atoms with E-state index in [1.54, 1.807) is 4.68 Å². The highest BCUT2D eigenvalue weighted by Gasteiger charge is 2.22. The summed E-state index contributed by atoms with van der Waals surface area (Å²) in [5.74, 6) is 0. The van der Waals surface area contributed by atoms with Crippen molar-refractivity contribution in [1.82, 2.24) is 20.0 Å². The van der Waals surface area contributed by atoms with Crippen LogP contribution in [0.4, 0.5) is 4.79 Å². The highest BCUT2D eigenvalue weighted by atomic mass is 35.5. The van der Waals surface area contributed by atoms with Crippen LogP contribution in [-0.4, -0.2) is 52.1 Å². The summed E-state index contributed by atoms with van der Waals surface area (Å²) in [5.41, 5.74) is 2.00. The van der Waals surface area contributed by atoms with Crippen molar-refractivity contribution in [3.63, 3.8) is 0 Å². The molecule has 0 radical (unpaired) electrons. The largest absolute Gasteiger partial charge is 0.465 e. The van der Waals surface area contributed by atoms with Gasteiger partial charge in [-0.1, -0.05) is 41.9 Å². The number of unbranched alkanes of at least 4 members (excludes halogenated alkanes) is 1. The minimum atomic E-state index is -0.971. The van der Waals surface area contributed by atoms with Crippen LogP contribution in [0.3, 0.4) is 0 Å². The fourth-order valence-electron chi connectivity index (χ4n) is 4.71. The second kappa shape index (κ2) is 11.5. The van der Waals surface area contributed by atoms with Gasteiger partial charge in [-0.3, -0.25) is 4.79 Å². The molecule has 1 atom stereocenters. The first-order valence-electron chi connectivity index (χ1n) is 12.0. The van der Waals surface area contributed by atoms with Crippen molar-refractivity contribution in [2.24, 2.45) is 0 Å². The van der Waals surface area contributed by atoms with Gasteiger partial charge in [0.25, 0.3) is 5.56 Å². The fraction of sp³-hybridized carbons (Fsp3) is 0.423. The molecule has 0 aliphatic carbocycles. The molecule has 2 aromatic carbocycles. The first-order chi connectivity index (χ1) is 16.5. The van der Waals surface area contributed by atoms with Gasteiger partial charge >= 0.3 is 6.09 Å². The number of hydrogen-bond acceptors (Lipinski definition) is 4. The lowest BCUT2D eigenvalue weighted by Crippen LogP contribution is -2.30. The number of amides is 1. The van der Waals surface area contributed by atoms with E-state index in [0.717, 1.165) is 68.4 Å². The predicted octanol–water partition coefficient (Wildman–Crippen LogP) is 4.72. The van der Waals surface area contributed by atoms with Gasteiger partial charge in [-0.25, -0.2) is 9.48 Å². The van der Waals surface area contributed by atoms with E-state index < -0.39 is 6.09 Å². The quantitative estimate of drug-likeness (QED) is 0.454. The maximum atomic E-state index is 13.4. The lowest BCUT2D eigenvalue weighted by Gasteiger charge is -2.21. The zero-order valence-electron chi connectivity index (χ0n) is 19.3. The van der Waals surface area contributed by atoms with Gasteiger partial charge in [0, 0.05) is 29.9 Å². The summed E-state index contributed by atoms with van der Waals surface area (Å²) >= 11 is 6.05. The van der Waals surface area contributed by atoms with E-state index in [-0.39, 0.29) is 11.6 Å². The second-order valence-electron chi connectivity index (χ2n) is 8.91. The fourth-order valence-corrected chi connectivity index (χ4v) is 4.84. The SMILES string of the molecule is O=C(O)NCCCCN1CCCC(n2nc(Cc3ccc(Cl)cc3)c3ccccc3c2=O)CC1. The highest BCUT2D eigenvalue weighted by Crippen LogP contribution is 2.24. The van der Waals surface area contributed by atoms with Crippen molar-refractivity contribution in [2.75, 3.05) is 26.2 Å². The van der Waals surface area contributed by atoms with Gasteiger partial charge in [-0.2, -0.15) is 5.10 Å². The van der Waals surface area contributed by atoms with Gasteiger partial charge in [0.1, 0.15) is 0 Å². The van der Waals surface area contributed by atoms with Crippen LogP contribution in [0.1, 0.15) is 49.4 Å². The topological polar surface area (TPSA) is 87.5 Å². The van der Waals surface area contributed by atoms with Crippen LogP contribution in [-0.2, 0) is 6.42 Å². The van der Waals surface area contributed by atoms with Crippen LogP contribution in [0, 0.1) is 0 Å². The van der Waals surface area contributed by atoms with Crippen LogP contribution < -0.4 is 10.9 Å². The number of aromatic nitrogens is 2. The van der Waals surface area contributed by atoms with E-state index in [2.05, 4.69) is 10.2 Å². The summed E-state index contributed by atoms with van der Waals surface area (Å²) in [5, 5.41) is 18.3. The average molecular weight is 483 g/mol. The van der Waals surface area contributed by atoms with Gasteiger partial charge in [-0.05, 0) is 69.0 Å². The standard InChI is InChI=1S/C26H31ClN4O3/c27-20-11-9-19(10-12-20)18-24-22-7-1-2-8-23(22)25(32)31(29-24)21-6-5-16-30(17-13-21)15-4-3-14-28-26(33)34/h1-2,7-12,21,28H,3-6,13-18H2,(H,33,34). The molecule has 7 nitrogen and oxygen atoms in total. The smallest absolute Gasteiger partial charge is 0.404 e. The molecule has 1 aliphatic rings. The average Bonchev–Trinajstić information content (AvgIpc) is 3.07. The molecular weight excluding hydrogens is 452 g/mol. The molecule has 1 unspecified atom stereocenters. The Kier molecular flexibility index (Phi) is 8.19. The molecule has 8 heteroatoms. The number of carboxylic acid groups (broad SMARTS) is 1. The van der Waals surface area contributed by atoms with E-state index >= 15 is 0 Å². The minimum absolute atomic E-state index is 0.0198. The van der Waals surface area contributed by atoms with Crippen molar-refractivity contribution in [1.29, 1.82) is 0 Å². The number of nitrogens with one attached hydrogen (secondary N) is 1. The molecule has 1 amide bonds. The summed E-state index contributed by atoms with van der Waals surface area (Å²) in [6, 6.07) is 15.6. The van der Waals surface area contributed by atoms with E-state index in [4.69, 9.17) is 21.8 Å². The molecule has 34 heavy (non-hydrogen) atoms. The summed E-state index contributed by atoms with van der Waals surface area (Å²) in [6.07, 6.45) is 4.24. The normalized spacial score (nSPS) is 16.9. The Bertz CT molecular complexity index is 1180. The molecule has 1 saturated heterocycles. The van der Waals surface area contributed by atoms with Crippen LogP contribution in [0.2, 0.25) is 5.02 Å². The number of rotatable bonds is 8. The Balaban J connectivity index is 1.50. The summed E-state index contributed by atoms with van der Waals surface area (Å²) < 4.78 is 1.73. The number of carbonyl (C=O) groups is 1. The number of halogens is 1. The van der Waals surface area contributed by atoms with Gasteiger partial charge in [0.15, 0.2) is 0 Å². The lowest BCUT2D eigenvalue weighted by molar-refractivity contribution is 0.194. The molecule has 0 saturated carbocycles. The zero-order valence-corrected chi connectivity index (χ0v) is 20.0. The third-order valence-electron chi connectivity index (χ3n) is 6.50. The molecule has 0 bridgehead atoms. The number of likely N-dealkylation sites (tertiary alicyclic amines) is 1. The van der Waals surface area contributed by atoms with Gasteiger partial charge in [0.05, 0.1) is 17.1 Å². The Morgan fingerprint density at radius 2 is 1.82 bits per heavy atom. The molecule has 0 spiro atoms. The molecular formula is C26H31ClN4O3. The second-order valence-corrected chi connectivity index (χ2v) is 9.35. The molecule has 2 N–H and O–H groups in total. The van der Waals surface area contributed by atoms with Crippen molar-refractivity contribution < 1.29 is 9.90 Å². The first kappa shape index (κ1) is 24.2. The van der Waals surface area contributed by atoms with Crippen LogP contribution in [0.15, 0.2) is 53.3 Å². The van der Waals surface area contributed by atoms with E-state index in [0.29, 0.717) is 23.4 Å². The van der Waals surface area contributed by atoms with E-state index in [1.807, 2.05) is 48.5 Å². The molecule has 2 heterocycles. The molecule has 4 rings (SSSR count). The Labute approximate surface area is 204 Å². The van der Waals surface area contributed by atoms with E-state index in [1.165, 1.54) is 0 Å². The Morgan fingerprint density at radius 3 is 2.59 bits per heavy atom. The number of nitrogens with zero attached hydrogens (tertiary/aromatic N) is 3. The predicted molar refractivity (Wildman–Crippen MR) is 135 cm³/mol. The Hall–Kier alpha value is -2.90. The number of hydrogen-bond donors (Lipinski definition) is 2. The van der Waals surface area contributed by atoms with Gasteiger partial charge in [-0.15, -0.1) is 0 Å². The Morgan fingerprint density at radius 1 is 1.06 bits per heavy atom. The summed E-state index contributed by atoms with van der Waals surface area (Å²) in [7, 11) is 0. The zero-order chi connectivity index (χ0) is 23.9. The van der Waals surface area contributed by atoms with Crippen molar-refractivity contribution in [3.05, 3.63) is 75.2 Å². The molecule has 1 fully saturated rings. The monoisotopic (exact) mass is 482 g/mol. The van der Waals surface area contributed by atoms with Gasteiger partial charge < -0.3 is 15.3 Å². The number of fused-ring (bicyclic) bond motifs is 1. The van der Waals surface area contributed by atoms with Crippen molar-refractivity contribution in [3.8, 4) is 0 Å². The lowest BCUT2D eigenvalue weighted by atomic mass is 10.0. The summed E-state index contributed by atoms with van der Waals surface area (Å²) in [6.45, 7) is 3.32. The highest BCUT2D eigenvalue weighted by molar-refractivity contribution is 6.30. The summed E-state index contributed by atoms with van der Waals surface area (Å²) in [4.78, 5) is 26.4. The van der Waals surface area contributed by atoms with Crippen molar-refractivity contribution in [2.45, 2.75) is 44.6 Å². The molecule has 1 aliphatic heterocycles. The molecule has 3 aromatic rings. The maximum Gasteiger partial charge on any atom is 0.404 e. The van der Waals surface area contributed by atoms with Crippen LogP contribution in [0.5, 0.6) is 0 Å². The molecule has 180 valence electrons. The number of benzene rings is 2. The van der Waals surface area contributed by atoms with E-state index in [9.17, 15) is 9.59 Å². The van der Waals surface area contributed by atoms with Crippen LogP contribution in [0.25, 0.3) is 10.8 Å². The maximum absolute atomic E-state index is 13.4. The minimum Gasteiger partial charge on any atom is -0.465 e. The van der Waals surface area contributed by atoms with Gasteiger partial charge in [0.2, 0.25) is 0 Å². The first-order valence-corrected chi connectivity index (χ1v) is 12.3. The third-order valence-corrected chi connectivity index (χ3v) is 6.76. The van der Waals surface area contributed by atoms with Crippen molar-refractivity contribution >= 4 is 28.5 Å².